The highest BCUT2D eigenvalue weighted by Gasteiger charge is 2.29. The van der Waals surface area contributed by atoms with Gasteiger partial charge >= 0.3 is 23.9 Å². The van der Waals surface area contributed by atoms with Crippen molar-refractivity contribution in [3.8, 4) is 0 Å². The van der Waals surface area contributed by atoms with Gasteiger partial charge in [-0.25, -0.2) is 0 Å². The smallest absolute Gasteiger partial charge is 0.320 e. The molecule has 0 amide bonds. The fraction of sp³-hybridized carbons (Fsp3) is 0.879. The number of carboxylic acid groups (broad SMARTS) is 2. The van der Waals surface area contributed by atoms with Crippen LogP contribution in [0, 0.1) is 0 Å². The number of ether oxygens (including phenoxy) is 3. The zero-order valence-corrected chi connectivity index (χ0v) is 27.9. The molecule has 0 saturated carbocycles. The molecule has 254 valence electrons. The topological polar surface area (TPSA) is 140 Å². The number of aliphatic carboxylic acids is 2. The van der Waals surface area contributed by atoms with Gasteiger partial charge in [-0.2, -0.15) is 0 Å². The number of hydrogen-bond acceptors (Lipinski definition) is 8. The number of carbonyl (C=O) groups excluding carboxylic acids is 2. The zero-order valence-electron chi connectivity index (χ0n) is 27.9. The second kappa shape index (κ2) is 31.2. The van der Waals surface area contributed by atoms with Crippen LogP contribution in [0.25, 0.3) is 0 Å². The molecule has 1 rings (SSSR count). The Morgan fingerprint density at radius 2 is 1.09 bits per heavy atom. The lowest BCUT2D eigenvalue weighted by Crippen LogP contribution is -2.27. The van der Waals surface area contributed by atoms with Gasteiger partial charge in [0, 0.05) is 25.7 Å². The second-order valence-corrected chi connectivity index (χ2v) is 11.5. The third-order valence-electron chi connectivity index (χ3n) is 6.68. The molecule has 43 heavy (non-hydrogen) atoms. The summed E-state index contributed by atoms with van der Waals surface area (Å²) in [7, 11) is 3.62. The minimum atomic E-state index is -0.670. The molecule has 0 aromatic rings. The SMILES string of the molecule is CCCCCCCC(=O)O.CCCCCCCC(=O)O.CCCCCCCC(=O)O[C@H]1CC[C@@H](COC(=O)CN(C)C)O1. The van der Waals surface area contributed by atoms with Gasteiger partial charge in [-0.05, 0) is 39.8 Å². The molecule has 0 bridgehead atoms. The first-order chi connectivity index (χ1) is 20.5. The van der Waals surface area contributed by atoms with Gasteiger partial charge in [0.1, 0.15) is 6.61 Å². The van der Waals surface area contributed by atoms with E-state index < -0.39 is 18.2 Å². The average molecular weight is 618 g/mol. The van der Waals surface area contributed by atoms with Crippen molar-refractivity contribution in [2.24, 2.45) is 0 Å². The van der Waals surface area contributed by atoms with Gasteiger partial charge in [-0.3, -0.25) is 24.1 Å². The number of rotatable bonds is 23. The minimum Gasteiger partial charge on any atom is -0.481 e. The fourth-order valence-electron chi connectivity index (χ4n) is 4.21. The molecule has 0 radical (unpaired) electrons. The molecule has 1 aliphatic heterocycles. The largest absolute Gasteiger partial charge is 0.481 e. The second-order valence-electron chi connectivity index (χ2n) is 11.5. The quantitative estimate of drug-likeness (QED) is 0.0882. The zero-order chi connectivity index (χ0) is 32.7. The van der Waals surface area contributed by atoms with Crippen LogP contribution < -0.4 is 0 Å². The van der Waals surface area contributed by atoms with Crippen LogP contribution in [0.2, 0.25) is 0 Å². The molecule has 2 N–H and O–H groups in total. The van der Waals surface area contributed by atoms with Gasteiger partial charge in [0.05, 0.1) is 12.6 Å². The lowest BCUT2D eigenvalue weighted by atomic mass is 10.1. The van der Waals surface area contributed by atoms with Crippen LogP contribution in [0.1, 0.15) is 149 Å². The van der Waals surface area contributed by atoms with Gasteiger partial charge < -0.3 is 24.4 Å². The summed E-state index contributed by atoms with van der Waals surface area (Å²) in [6.07, 6.45) is 18.5. The Labute approximate surface area is 261 Å². The molecule has 1 aliphatic rings. The number of carbonyl (C=O) groups is 4. The Balaban J connectivity index is 0. The molecule has 1 saturated heterocycles. The van der Waals surface area contributed by atoms with Gasteiger partial charge in [-0.15, -0.1) is 0 Å². The first-order valence-corrected chi connectivity index (χ1v) is 16.6. The number of hydrogen-bond donors (Lipinski definition) is 2. The Morgan fingerprint density at radius 3 is 1.51 bits per heavy atom. The molecule has 0 aliphatic carbocycles. The van der Waals surface area contributed by atoms with Crippen molar-refractivity contribution < 1.29 is 43.6 Å². The molecular formula is C33H63NO9. The third-order valence-corrected chi connectivity index (χ3v) is 6.68. The summed E-state index contributed by atoms with van der Waals surface area (Å²) in [5.41, 5.74) is 0. The molecular weight excluding hydrogens is 554 g/mol. The summed E-state index contributed by atoms with van der Waals surface area (Å²) < 4.78 is 16.1. The first kappa shape index (κ1) is 42.9. The maximum Gasteiger partial charge on any atom is 0.320 e. The van der Waals surface area contributed by atoms with Gasteiger partial charge in [0.2, 0.25) is 6.29 Å². The molecule has 10 heteroatoms. The number of nitrogens with zero attached hydrogens (tertiary/aromatic N) is 1. The van der Waals surface area contributed by atoms with Gasteiger partial charge in [-0.1, -0.05) is 97.8 Å². The van der Waals surface area contributed by atoms with Crippen molar-refractivity contribution in [1.82, 2.24) is 4.90 Å². The van der Waals surface area contributed by atoms with Crippen molar-refractivity contribution >= 4 is 23.9 Å². The normalized spacial score (nSPS) is 15.6. The molecule has 0 aromatic heterocycles. The van der Waals surface area contributed by atoms with E-state index in [1.807, 2.05) is 14.1 Å². The van der Waals surface area contributed by atoms with E-state index in [1.165, 1.54) is 57.8 Å². The Bertz CT molecular complexity index is 676. The van der Waals surface area contributed by atoms with Crippen LogP contribution in [-0.4, -0.2) is 78.6 Å². The van der Waals surface area contributed by atoms with Crippen molar-refractivity contribution in [3.63, 3.8) is 0 Å². The number of unbranched alkanes of at least 4 members (excludes halogenated alkanes) is 12. The third kappa shape index (κ3) is 34.2. The first-order valence-electron chi connectivity index (χ1n) is 16.6. The highest BCUT2D eigenvalue weighted by atomic mass is 16.7. The van der Waals surface area contributed by atoms with Crippen molar-refractivity contribution in [3.05, 3.63) is 0 Å². The fourth-order valence-corrected chi connectivity index (χ4v) is 4.21. The molecule has 0 spiro atoms. The number of esters is 2. The summed E-state index contributed by atoms with van der Waals surface area (Å²) in [5, 5.41) is 16.5. The molecule has 1 heterocycles. The van der Waals surface area contributed by atoms with E-state index in [4.69, 9.17) is 24.4 Å². The van der Waals surface area contributed by atoms with E-state index in [2.05, 4.69) is 20.8 Å². The molecule has 0 aromatic carbocycles. The highest BCUT2D eigenvalue weighted by Crippen LogP contribution is 2.22. The Morgan fingerprint density at radius 1 is 0.651 bits per heavy atom. The summed E-state index contributed by atoms with van der Waals surface area (Å²) in [5.74, 6) is -1.81. The van der Waals surface area contributed by atoms with Gasteiger partial charge in [0.25, 0.3) is 0 Å². The summed E-state index contributed by atoms with van der Waals surface area (Å²) in [4.78, 5) is 45.0. The molecule has 0 unspecified atom stereocenters. The molecule has 10 nitrogen and oxygen atoms in total. The Hall–Kier alpha value is -2.20. The van der Waals surface area contributed by atoms with E-state index in [0.29, 0.717) is 25.7 Å². The van der Waals surface area contributed by atoms with Crippen molar-refractivity contribution in [2.75, 3.05) is 27.2 Å². The van der Waals surface area contributed by atoms with E-state index >= 15 is 0 Å². The number of carboxylic acids is 2. The Kier molecular flexibility index (Phi) is 31.2. The lowest BCUT2D eigenvalue weighted by Gasteiger charge is -2.15. The lowest BCUT2D eigenvalue weighted by molar-refractivity contribution is -0.180. The van der Waals surface area contributed by atoms with Crippen LogP contribution >= 0.6 is 0 Å². The van der Waals surface area contributed by atoms with E-state index in [0.717, 1.165) is 44.9 Å². The predicted molar refractivity (Wildman–Crippen MR) is 169 cm³/mol. The maximum atomic E-state index is 11.7. The standard InChI is InChI=1S/C17H31NO5.2C8H16O2/c1-4-5-6-7-8-9-15(19)23-17-11-10-14(22-17)13-21-16(20)12-18(2)3;2*1-2-3-4-5-6-7-8(9)10/h14,17H,4-13H2,1-3H3;2*2-7H2,1H3,(H,9,10)/t14-,17-;;/m0../s1. The number of likely N-dealkylation sites (N-methyl/N-ethyl adjacent to an activating group) is 1. The summed E-state index contributed by atoms with van der Waals surface area (Å²) in [6, 6.07) is 0. The summed E-state index contributed by atoms with van der Waals surface area (Å²) >= 11 is 0. The summed E-state index contributed by atoms with van der Waals surface area (Å²) in [6.45, 7) is 6.94. The van der Waals surface area contributed by atoms with E-state index in [-0.39, 0.29) is 31.2 Å². The van der Waals surface area contributed by atoms with Crippen LogP contribution in [0.3, 0.4) is 0 Å². The van der Waals surface area contributed by atoms with Crippen LogP contribution in [0.5, 0.6) is 0 Å². The van der Waals surface area contributed by atoms with Crippen molar-refractivity contribution in [1.29, 1.82) is 0 Å². The van der Waals surface area contributed by atoms with E-state index in [1.54, 1.807) is 4.90 Å². The molecule has 1 fully saturated rings. The monoisotopic (exact) mass is 617 g/mol. The average Bonchev–Trinajstić information content (AvgIpc) is 3.39. The van der Waals surface area contributed by atoms with Crippen LogP contribution in [-0.2, 0) is 33.4 Å². The molecule has 2 atom stereocenters. The van der Waals surface area contributed by atoms with Gasteiger partial charge in [0.15, 0.2) is 0 Å². The van der Waals surface area contributed by atoms with Crippen molar-refractivity contribution in [2.45, 2.75) is 162 Å². The van der Waals surface area contributed by atoms with Crippen LogP contribution in [0.4, 0.5) is 0 Å². The minimum absolute atomic E-state index is 0.177. The van der Waals surface area contributed by atoms with E-state index in [9.17, 15) is 19.2 Å². The van der Waals surface area contributed by atoms with Crippen LogP contribution in [0.15, 0.2) is 0 Å². The maximum absolute atomic E-state index is 11.7. The predicted octanol–water partition coefficient (Wildman–Crippen LogP) is 7.36. The highest BCUT2D eigenvalue weighted by molar-refractivity contribution is 5.71.